The summed E-state index contributed by atoms with van der Waals surface area (Å²) in [6.07, 6.45) is 2.00. The smallest absolute Gasteiger partial charge is 0.238 e. The van der Waals surface area contributed by atoms with Crippen LogP contribution in [0.4, 0.5) is 10.1 Å². The average molecular weight is 380 g/mol. The summed E-state index contributed by atoms with van der Waals surface area (Å²) in [5.74, 6) is -0.132. The predicted molar refractivity (Wildman–Crippen MR) is 95.9 cm³/mol. The maximum atomic E-state index is 13.9. The van der Waals surface area contributed by atoms with Gasteiger partial charge in [0.1, 0.15) is 11.6 Å². The molecule has 140 valence electrons. The SMILES string of the molecule is Cc1ccc(NC(=O)CN(Cc2ccco2)C2CCS(=O)(=O)C2)c(F)c1. The van der Waals surface area contributed by atoms with Gasteiger partial charge in [0, 0.05) is 6.04 Å². The Morgan fingerprint density at radius 1 is 1.38 bits per heavy atom. The van der Waals surface area contributed by atoms with Crippen LogP contribution in [-0.4, -0.2) is 43.3 Å². The van der Waals surface area contributed by atoms with E-state index in [1.54, 1.807) is 30.0 Å². The third-order valence-electron chi connectivity index (χ3n) is 4.41. The molecule has 1 aromatic carbocycles. The van der Waals surface area contributed by atoms with E-state index in [9.17, 15) is 17.6 Å². The Balaban J connectivity index is 1.71. The summed E-state index contributed by atoms with van der Waals surface area (Å²) in [7, 11) is -3.09. The Bertz CT molecular complexity index is 881. The standard InChI is InChI=1S/C18H21FN2O4S/c1-13-4-5-17(16(19)9-13)20-18(22)11-21(10-15-3-2-7-25-15)14-6-8-26(23,24)12-14/h2-5,7,9,14H,6,8,10-12H2,1H3,(H,20,22). The molecule has 2 heterocycles. The third-order valence-corrected chi connectivity index (χ3v) is 6.16. The second-order valence-electron chi connectivity index (χ2n) is 6.57. The quantitative estimate of drug-likeness (QED) is 0.832. The Morgan fingerprint density at radius 2 is 2.19 bits per heavy atom. The topological polar surface area (TPSA) is 79.6 Å². The second kappa shape index (κ2) is 7.59. The molecule has 1 aliphatic rings. The number of anilines is 1. The fraction of sp³-hybridized carbons (Fsp3) is 0.389. The van der Waals surface area contributed by atoms with Crippen LogP contribution in [0.1, 0.15) is 17.7 Å². The van der Waals surface area contributed by atoms with Crippen molar-refractivity contribution in [2.24, 2.45) is 0 Å². The molecule has 1 atom stereocenters. The van der Waals surface area contributed by atoms with Gasteiger partial charge in [0.05, 0.1) is 36.5 Å². The van der Waals surface area contributed by atoms with Crippen LogP contribution in [0.15, 0.2) is 41.0 Å². The lowest BCUT2D eigenvalue weighted by Crippen LogP contribution is -2.41. The van der Waals surface area contributed by atoms with E-state index < -0.39 is 21.6 Å². The van der Waals surface area contributed by atoms with Crippen LogP contribution in [0, 0.1) is 12.7 Å². The number of carbonyl (C=O) groups is 1. The molecular formula is C18H21FN2O4S. The van der Waals surface area contributed by atoms with E-state index in [0.717, 1.165) is 5.56 Å². The lowest BCUT2D eigenvalue weighted by atomic mass is 10.2. The van der Waals surface area contributed by atoms with E-state index in [2.05, 4.69) is 5.32 Å². The highest BCUT2D eigenvalue weighted by atomic mass is 32.2. The van der Waals surface area contributed by atoms with E-state index in [1.165, 1.54) is 18.4 Å². The van der Waals surface area contributed by atoms with Gasteiger partial charge in [-0.1, -0.05) is 6.07 Å². The zero-order valence-electron chi connectivity index (χ0n) is 14.4. The molecule has 0 bridgehead atoms. The minimum absolute atomic E-state index is 0.0138. The number of rotatable bonds is 6. The van der Waals surface area contributed by atoms with Crippen molar-refractivity contribution in [1.82, 2.24) is 4.90 Å². The van der Waals surface area contributed by atoms with Gasteiger partial charge in [-0.25, -0.2) is 12.8 Å². The molecule has 0 spiro atoms. The van der Waals surface area contributed by atoms with E-state index in [4.69, 9.17) is 4.42 Å². The molecule has 1 unspecified atom stereocenters. The Morgan fingerprint density at radius 3 is 2.81 bits per heavy atom. The predicted octanol–water partition coefficient (Wildman–Crippen LogP) is 2.35. The molecule has 2 aromatic rings. The molecule has 1 aromatic heterocycles. The maximum Gasteiger partial charge on any atom is 0.238 e. The zero-order chi connectivity index (χ0) is 18.7. The van der Waals surface area contributed by atoms with Crippen LogP contribution < -0.4 is 5.32 Å². The first-order valence-electron chi connectivity index (χ1n) is 8.35. The van der Waals surface area contributed by atoms with Gasteiger partial charge < -0.3 is 9.73 Å². The van der Waals surface area contributed by atoms with Gasteiger partial charge in [0.15, 0.2) is 9.84 Å². The van der Waals surface area contributed by atoms with Crippen molar-refractivity contribution in [2.75, 3.05) is 23.4 Å². The fourth-order valence-corrected chi connectivity index (χ4v) is 4.84. The highest BCUT2D eigenvalue weighted by Gasteiger charge is 2.33. The monoisotopic (exact) mass is 380 g/mol. The first-order valence-corrected chi connectivity index (χ1v) is 10.2. The summed E-state index contributed by atoms with van der Waals surface area (Å²) in [6.45, 7) is 2.03. The second-order valence-corrected chi connectivity index (χ2v) is 8.80. The maximum absolute atomic E-state index is 13.9. The van der Waals surface area contributed by atoms with Gasteiger partial charge >= 0.3 is 0 Å². The lowest BCUT2D eigenvalue weighted by Gasteiger charge is -2.26. The zero-order valence-corrected chi connectivity index (χ0v) is 15.3. The number of hydrogen-bond acceptors (Lipinski definition) is 5. The molecule has 6 nitrogen and oxygen atoms in total. The number of carbonyl (C=O) groups excluding carboxylic acids is 1. The largest absolute Gasteiger partial charge is 0.468 e. The van der Waals surface area contributed by atoms with Crippen LogP contribution in [0.3, 0.4) is 0 Å². The summed E-state index contributed by atoms with van der Waals surface area (Å²) in [5.41, 5.74) is 0.869. The third kappa shape index (κ3) is 4.70. The number of nitrogens with zero attached hydrogens (tertiary/aromatic N) is 1. The summed E-state index contributed by atoms with van der Waals surface area (Å²) >= 11 is 0. The number of aryl methyl sites for hydroxylation is 1. The van der Waals surface area contributed by atoms with Crippen LogP contribution in [-0.2, 0) is 21.2 Å². The van der Waals surface area contributed by atoms with E-state index in [1.807, 2.05) is 0 Å². The summed E-state index contributed by atoms with van der Waals surface area (Å²) in [5, 5.41) is 2.56. The number of benzene rings is 1. The molecule has 1 amide bonds. The molecule has 0 aliphatic carbocycles. The van der Waals surface area contributed by atoms with Gasteiger partial charge in [0.25, 0.3) is 0 Å². The molecule has 26 heavy (non-hydrogen) atoms. The van der Waals surface area contributed by atoms with Gasteiger partial charge in [-0.3, -0.25) is 9.69 Å². The van der Waals surface area contributed by atoms with Crippen LogP contribution in [0.25, 0.3) is 0 Å². The number of hydrogen-bond donors (Lipinski definition) is 1. The number of amides is 1. The molecule has 0 saturated carbocycles. The molecule has 0 radical (unpaired) electrons. The highest BCUT2D eigenvalue weighted by molar-refractivity contribution is 7.91. The van der Waals surface area contributed by atoms with Crippen molar-refractivity contribution >= 4 is 21.4 Å². The molecular weight excluding hydrogens is 359 g/mol. The lowest BCUT2D eigenvalue weighted by molar-refractivity contribution is -0.118. The van der Waals surface area contributed by atoms with Crippen molar-refractivity contribution in [3.05, 3.63) is 53.7 Å². The summed E-state index contributed by atoms with van der Waals surface area (Å²) in [6, 6.07) is 7.82. The highest BCUT2D eigenvalue weighted by Crippen LogP contribution is 2.21. The number of furan rings is 1. The molecule has 1 N–H and O–H groups in total. The van der Waals surface area contributed by atoms with E-state index >= 15 is 0 Å². The van der Waals surface area contributed by atoms with Crippen molar-refractivity contribution in [2.45, 2.75) is 25.9 Å². The number of nitrogens with one attached hydrogen (secondary N) is 1. The normalized spacial score (nSPS) is 19.0. The number of sulfone groups is 1. The van der Waals surface area contributed by atoms with Crippen molar-refractivity contribution in [3.8, 4) is 0 Å². The van der Waals surface area contributed by atoms with Gasteiger partial charge in [-0.05, 0) is 43.2 Å². The van der Waals surface area contributed by atoms with Crippen LogP contribution >= 0.6 is 0 Å². The average Bonchev–Trinajstić information content (AvgIpc) is 3.19. The molecule has 1 fully saturated rings. The summed E-state index contributed by atoms with van der Waals surface area (Å²) in [4.78, 5) is 14.2. The van der Waals surface area contributed by atoms with Crippen molar-refractivity contribution in [1.29, 1.82) is 0 Å². The Labute approximate surface area is 151 Å². The molecule has 3 rings (SSSR count). The van der Waals surface area contributed by atoms with Gasteiger partial charge in [-0.15, -0.1) is 0 Å². The van der Waals surface area contributed by atoms with Crippen molar-refractivity contribution < 1.29 is 22.0 Å². The minimum Gasteiger partial charge on any atom is -0.468 e. The first kappa shape index (κ1) is 18.6. The fourth-order valence-electron chi connectivity index (χ4n) is 3.08. The molecule has 8 heteroatoms. The van der Waals surface area contributed by atoms with Crippen LogP contribution in [0.5, 0.6) is 0 Å². The van der Waals surface area contributed by atoms with E-state index in [0.29, 0.717) is 18.7 Å². The van der Waals surface area contributed by atoms with E-state index in [-0.39, 0.29) is 29.8 Å². The first-order chi connectivity index (χ1) is 12.3. The summed E-state index contributed by atoms with van der Waals surface area (Å²) < 4.78 is 42.9. The van der Waals surface area contributed by atoms with Crippen LogP contribution in [0.2, 0.25) is 0 Å². The van der Waals surface area contributed by atoms with Gasteiger partial charge in [0.2, 0.25) is 5.91 Å². The molecule has 1 aliphatic heterocycles. The van der Waals surface area contributed by atoms with Gasteiger partial charge in [-0.2, -0.15) is 0 Å². The van der Waals surface area contributed by atoms with Crippen molar-refractivity contribution in [3.63, 3.8) is 0 Å². The minimum atomic E-state index is -3.09. The molecule has 1 saturated heterocycles. The number of halogens is 1. The Hall–Kier alpha value is -2.19. The Kier molecular flexibility index (Phi) is 5.43.